The molecule has 0 spiro atoms. The molecule has 2 heterocycles. The zero-order chi connectivity index (χ0) is 14.8. The van der Waals surface area contributed by atoms with Gasteiger partial charge in [0.25, 0.3) is 0 Å². The highest BCUT2D eigenvalue weighted by molar-refractivity contribution is 7.11. The van der Waals surface area contributed by atoms with Gasteiger partial charge in [0.1, 0.15) is 0 Å². The standard InChI is InChI=1S/C17H14O3S/c1-11-8-9-21-16(11)7-6-13(18)15-10-12-4-3-5-14(19-2)17(12)20-15/h3-10H,1-2H3/b7-6+. The third kappa shape index (κ3) is 2.62. The van der Waals surface area contributed by atoms with Crippen LogP contribution >= 0.6 is 11.3 Å². The van der Waals surface area contributed by atoms with Crippen molar-refractivity contribution in [3.63, 3.8) is 0 Å². The second-order valence-electron chi connectivity index (χ2n) is 4.65. The van der Waals surface area contributed by atoms with Gasteiger partial charge >= 0.3 is 0 Å². The van der Waals surface area contributed by atoms with Gasteiger partial charge in [0.05, 0.1) is 7.11 Å². The van der Waals surface area contributed by atoms with Crippen molar-refractivity contribution in [3.05, 3.63) is 58.0 Å². The molecule has 0 atom stereocenters. The minimum absolute atomic E-state index is 0.152. The fourth-order valence-corrected chi connectivity index (χ4v) is 2.93. The second kappa shape index (κ2) is 5.58. The zero-order valence-electron chi connectivity index (χ0n) is 11.8. The number of rotatable bonds is 4. The molecule has 0 bridgehead atoms. The lowest BCUT2D eigenvalue weighted by molar-refractivity contribution is 0.102. The smallest absolute Gasteiger partial charge is 0.221 e. The number of methoxy groups -OCH3 is 1. The number of fused-ring (bicyclic) bond motifs is 1. The Labute approximate surface area is 126 Å². The molecule has 0 fully saturated rings. The number of hydrogen-bond acceptors (Lipinski definition) is 4. The lowest BCUT2D eigenvalue weighted by atomic mass is 10.2. The van der Waals surface area contributed by atoms with Gasteiger partial charge in [0.2, 0.25) is 5.78 Å². The number of carbonyl (C=O) groups is 1. The molecule has 106 valence electrons. The van der Waals surface area contributed by atoms with Crippen LogP contribution in [-0.2, 0) is 0 Å². The van der Waals surface area contributed by atoms with Crippen LogP contribution in [0.1, 0.15) is 21.0 Å². The predicted octanol–water partition coefficient (Wildman–Crippen LogP) is 4.71. The number of aryl methyl sites for hydroxylation is 1. The van der Waals surface area contributed by atoms with Crippen molar-refractivity contribution in [2.45, 2.75) is 6.92 Å². The van der Waals surface area contributed by atoms with E-state index >= 15 is 0 Å². The molecule has 0 N–H and O–H groups in total. The molecule has 0 amide bonds. The van der Waals surface area contributed by atoms with Crippen molar-refractivity contribution in [3.8, 4) is 5.75 Å². The minimum Gasteiger partial charge on any atom is -0.493 e. The third-order valence-corrected chi connectivity index (χ3v) is 4.24. The van der Waals surface area contributed by atoms with Crippen molar-refractivity contribution in [2.75, 3.05) is 7.11 Å². The van der Waals surface area contributed by atoms with E-state index in [1.54, 1.807) is 30.6 Å². The molecule has 0 unspecified atom stereocenters. The van der Waals surface area contributed by atoms with Crippen LogP contribution in [0.4, 0.5) is 0 Å². The first-order chi connectivity index (χ1) is 10.2. The number of hydrogen-bond donors (Lipinski definition) is 0. The van der Waals surface area contributed by atoms with E-state index in [1.165, 1.54) is 0 Å². The van der Waals surface area contributed by atoms with Gasteiger partial charge in [0, 0.05) is 10.3 Å². The Morgan fingerprint density at radius 1 is 1.33 bits per heavy atom. The molecule has 0 saturated carbocycles. The highest BCUT2D eigenvalue weighted by Crippen LogP contribution is 2.29. The van der Waals surface area contributed by atoms with Crippen molar-refractivity contribution < 1.29 is 13.9 Å². The summed E-state index contributed by atoms with van der Waals surface area (Å²) in [5.74, 6) is 0.797. The summed E-state index contributed by atoms with van der Waals surface area (Å²) in [6, 6.07) is 9.35. The van der Waals surface area contributed by atoms with Crippen molar-refractivity contribution in [1.29, 1.82) is 0 Å². The summed E-state index contributed by atoms with van der Waals surface area (Å²) in [5.41, 5.74) is 1.76. The number of ketones is 1. The SMILES string of the molecule is COc1cccc2cc(C(=O)/C=C/c3sccc3C)oc12. The Kier molecular flexibility index (Phi) is 3.62. The van der Waals surface area contributed by atoms with Gasteiger partial charge in [-0.15, -0.1) is 11.3 Å². The van der Waals surface area contributed by atoms with Gasteiger partial charge in [-0.3, -0.25) is 4.79 Å². The first kappa shape index (κ1) is 13.6. The average Bonchev–Trinajstić information content (AvgIpc) is 3.10. The van der Waals surface area contributed by atoms with Crippen molar-refractivity contribution >= 4 is 34.2 Å². The van der Waals surface area contributed by atoms with E-state index < -0.39 is 0 Å². The summed E-state index contributed by atoms with van der Waals surface area (Å²) in [5, 5.41) is 2.87. The Bertz CT molecular complexity index is 824. The lowest BCUT2D eigenvalue weighted by Gasteiger charge is -1.98. The van der Waals surface area contributed by atoms with Gasteiger partial charge in [0.15, 0.2) is 17.1 Å². The van der Waals surface area contributed by atoms with E-state index in [0.717, 1.165) is 15.8 Å². The van der Waals surface area contributed by atoms with Gasteiger partial charge < -0.3 is 9.15 Å². The molecule has 4 heteroatoms. The maximum atomic E-state index is 12.2. The average molecular weight is 298 g/mol. The summed E-state index contributed by atoms with van der Waals surface area (Å²) < 4.78 is 10.9. The fraction of sp³-hybridized carbons (Fsp3) is 0.118. The molecular weight excluding hydrogens is 284 g/mol. The zero-order valence-corrected chi connectivity index (χ0v) is 12.6. The monoisotopic (exact) mass is 298 g/mol. The Hall–Kier alpha value is -2.33. The molecule has 0 radical (unpaired) electrons. The maximum Gasteiger partial charge on any atom is 0.221 e. The normalized spacial score (nSPS) is 11.3. The Balaban J connectivity index is 1.92. The fourth-order valence-electron chi connectivity index (χ4n) is 2.11. The van der Waals surface area contributed by atoms with Gasteiger partial charge in [-0.25, -0.2) is 0 Å². The number of benzene rings is 1. The van der Waals surface area contributed by atoms with Crippen LogP contribution in [0.3, 0.4) is 0 Å². The largest absolute Gasteiger partial charge is 0.493 e. The van der Waals surface area contributed by atoms with E-state index in [9.17, 15) is 4.79 Å². The highest BCUT2D eigenvalue weighted by Gasteiger charge is 2.12. The van der Waals surface area contributed by atoms with Crippen LogP contribution in [0.2, 0.25) is 0 Å². The minimum atomic E-state index is -0.152. The van der Waals surface area contributed by atoms with Crippen LogP contribution in [0, 0.1) is 6.92 Å². The quantitative estimate of drug-likeness (QED) is 0.517. The number of allylic oxidation sites excluding steroid dienone is 1. The van der Waals surface area contributed by atoms with Crippen molar-refractivity contribution in [1.82, 2.24) is 0 Å². The predicted molar refractivity (Wildman–Crippen MR) is 85.2 cm³/mol. The molecule has 0 aliphatic rings. The van der Waals surface area contributed by atoms with E-state index in [1.807, 2.05) is 42.6 Å². The van der Waals surface area contributed by atoms with Crippen LogP contribution in [0.15, 0.2) is 46.2 Å². The number of ether oxygens (including phenoxy) is 1. The molecule has 3 nitrogen and oxygen atoms in total. The first-order valence-electron chi connectivity index (χ1n) is 6.52. The summed E-state index contributed by atoms with van der Waals surface area (Å²) in [4.78, 5) is 13.3. The topological polar surface area (TPSA) is 39.4 Å². The second-order valence-corrected chi connectivity index (χ2v) is 5.60. The highest BCUT2D eigenvalue weighted by atomic mass is 32.1. The van der Waals surface area contributed by atoms with E-state index in [-0.39, 0.29) is 5.78 Å². The molecule has 0 aliphatic heterocycles. The first-order valence-corrected chi connectivity index (χ1v) is 7.40. The van der Waals surface area contributed by atoms with Crippen LogP contribution in [-0.4, -0.2) is 12.9 Å². The Morgan fingerprint density at radius 2 is 2.19 bits per heavy atom. The van der Waals surface area contributed by atoms with Crippen molar-refractivity contribution in [2.24, 2.45) is 0 Å². The summed E-state index contributed by atoms with van der Waals surface area (Å²) in [6.45, 7) is 2.02. The molecule has 21 heavy (non-hydrogen) atoms. The summed E-state index contributed by atoms with van der Waals surface area (Å²) >= 11 is 1.61. The van der Waals surface area contributed by atoms with Gasteiger partial charge in [-0.05, 0) is 48.2 Å². The summed E-state index contributed by atoms with van der Waals surface area (Å²) in [6.07, 6.45) is 3.37. The molecule has 3 aromatic rings. The number of para-hydroxylation sites is 1. The van der Waals surface area contributed by atoms with Crippen LogP contribution < -0.4 is 4.74 Å². The van der Waals surface area contributed by atoms with E-state index in [4.69, 9.17) is 9.15 Å². The van der Waals surface area contributed by atoms with E-state index in [2.05, 4.69) is 0 Å². The molecule has 1 aromatic carbocycles. The van der Waals surface area contributed by atoms with Gasteiger partial charge in [-0.1, -0.05) is 12.1 Å². The molecular formula is C17H14O3S. The summed E-state index contributed by atoms with van der Waals surface area (Å²) in [7, 11) is 1.58. The van der Waals surface area contributed by atoms with Gasteiger partial charge in [-0.2, -0.15) is 0 Å². The lowest BCUT2D eigenvalue weighted by Crippen LogP contribution is -1.90. The number of carbonyl (C=O) groups excluding carboxylic acids is 1. The number of furan rings is 1. The molecule has 3 rings (SSSR count). The van der Waals surface area contributed by atoms with Crippen LogP contribution in [0.5, 0.6) is 5.75 Å². The van der Waals surface area contributed by atoms with Crippen LogP contribution in [0.25, 0.3) is 17.0 Å². The molecule has 0 saturated heterocycles. The maximum absolute atomic E-state index is 12.2. The molecule has 2 aromatic heterocycles. The molecule has 0 aliphatic carbocycles. The van der Waals surface area contributed by atoms with E-state index in [0.29, 0.717) is 17.1 Å². The third-order valence-electron chi connectivity index (χ3n) is 3.26. The Morgan fingerprint density at radius 3 is 2.90 bits per heavy atom. The number of thiophene rings is 1.